The number of hydrogen-bond acceptors (Lipinski definition) is 0. The van der Waals surface area contributed by atoms with E-state index in [4.69, 9.17) is 6.92 Å². The summed E-state index contributed by atoms with van der Waals surface area (Å²) in [6.45, 7) is 7.72. The van der Waals surface area contributed by atoms with Gasteiger partial charge < -0.3 is 0 Å². The lowest BCUT2D eigenvalue weighted by Crippen LogP contribution is -1.87. The summed E-state index contributed by atoms with van der Waals surface area (Å²) in [4.78, 5) is 0. The molecule has 1 aliphatic carbocycles. The molecule has 1 aliphatic rings. The van der Waals surface area contributed by atoms with Crippen molar-refractivity contribution in [2.24, 2.45) is 11.8 Å². The van der Waals surface area contributed by atoms with Crippen LogP contribution in [0.4, 0.5) is 0 Å². The number of hydrogen-bond donors (Lipinski definition) is 0. The van der Waals surface area contributed by atoms with Gasteiger partial charge in [0.2, 0.25) is 0 Å². The fraction of sp³-hybridized carbons (Fsp3) is 0.571. The molecule has 0 aliphatic heterocycles. The maximum Gasteiger partial charge on any atom is -0.0194 e. The zero-order valence-electron chi connectivity index (χ0n) is 4.59. The van der Waals surface area contributed by atoms with E-state index in [9.17, 15) is 0 Å². The van der Waals surface area contributed by atoms with Gasteiger partial charge in [0.15, 0.2) is 0 Å². The van der Waals surface area contributed by atoms with Gasteiger partial charge in [-0.3, -0.25) is 0 Å². The summed E-state index contributed by atoms with van der Waals surface area (Å²) in [5.41, 5.74) is 0. The highest BCUT2D eigenvalue weighted by Gasteiger charge is 2.08. The minimum Gasteiger partial charge on any atom is -0.0854 e. The molecule has 1 rings (SSSR count). The largest absolute Gasteiger partial charge is 0.0854 e. The van der Waals surface area contributed by atoms with Crippen molar-refractivity contribution in [2.45, 2.75) is 13.3 Å². The predicted octanol–water partition coefficient (Wildman–Crippen LogP) is 1.91. The standard InChI is InChI=1S/C7H10/c1-6-3-4-7(2)5-6/h1,3-4,6-7H,5H2,2H3. The van der Waals surface area contributed by atoms with Crippen LogP contribution in [0.3, 0.4) is 0 Å². The van der Waals surface area contributed by atoms with E-state index in [1.807, 2.05) is 0 Å². The number of allylic oxidation sites excluding steroid dienone is 2. The van der Waals surface area contributed by atoms with Gasteiger partial charge in [-0.05, 0) is 25.2 Å². The maximum atomic E-state index is 5.54. The molecule has 0 saturated carbocycles. The first-order chi connectivity index (χ1) is 3.29. The molecule has 0 heteroatoms. The highest BCUT2D eigenvalue weighted by molar-refractivity contribution is 5.00. The Morgan fingerprint density at radius 1 is 1.57 bits per heavy atom. The van der Waals surface area contributed by atoms with Crippen molar-refractivity contribution in [1.82, 2.24) is 0 Å². The van der Waals surface area contributed by atoms with Gasteiger partial charge in [-0.25, -0.2) is 0 Å². The van der Waals surface area contributed by atoms with E-state index in [2.05, 4.69) is 19.1 Å². The monoisotopic (exact) mass is 94.1 g/mol. The maximum absolute atomic E-state index is 5.54. The van der Waals surface area contributed by atoms with Crippen molar-refractivity contribution in [1.29, 1.82) is 0 Å². The lowest BCUT2D eigenvalue weighted by molar-refractivity contribution is 0.627. The summed E-state index contributed by atoms with van der Waals surface area (Å²) < 4.78 is 0. The van der Waals surface area contributed by atoms with Crippen LogP contribution in [0.2, 0.25) is 0 Å². The molecule has 2 atom stereocenters. The summed E-state index contributed by atoms with van der Waals surface area (Å²) in [6, 6.07) is 0. The van der Waals surface area contributed by atoms with E-state index >= 15 is 0 Å². The van der Waals surface area contributed by atoms with Gasteiger partial charge in [-0.2, -0.15) is 0 Å². The normalized spacial score (nSPS) is 39.7. The van der Waals surface area contributed by atoms with Crippen LogP contribution in [0.1, 0.15) is 13.3 Å². The molecule has 0 N–H and O–H groups in total. The summed E-state index contributed by atoms with van der Waals surface area (Å²) in [5, 5.41) is 0. The molecular formula is C7H10. The molecular weight excluding hydrogens is 84.1 g/mol. The molecule has 0 aromatic carbocycles. The third-order valence-corrected chi connectivity index (χ3v) is 1.33. The predicted molar refractivity (Wildman–Crippen MR) is 30.7 cm³/mol. The van der Waals surface area contributed by atoms with E-state index in [0.717, 1.165) is 12.3 Å². The van der Waals surface area contributed by atoms with Gasteiger partial charge in [0.05, 0.1) is 0 Å². The Kier molecular flexibility index (Phi) is 1.18. The zero-order valence-corrected chi connectivity index (χ0v) is 4.59. The Morgan fingerprint density at radius 2 is 2.29 bits per heavy atom. The van der Waals surface area contributed by atoms with Gasteiger partial charge in [0.25, 0.3) is 0 Å². The average Bonchev–Trinajstić information content (AvgIpc) is 1.87. The van der Waals surface area contributed by atoms with Crippen LogP contribution in [0.15, 0.2) is 12.2 Å². The van der Waals surface area contributed by atoms with Crippen LogP contribution in [-0.2, 0) is 0 Å². The second kappa shape index (κ2) is 1.69. The molecule has 2 unspecified atom stereocenters. The lowest BCUT2D eigenvalue weighted by atomic mass is 10.1. The summed E-state index contributed by atoms with van der Waals surface area (Å²) in [6.07, 6.45) is 5.38. The molecule has 38 valence electrons. The first-order valence-electron chi connectivity index (χ1n) is 2.73. The Hall–Kier alpha value is -0.260. The minimum absolute atomic E-state index is 0.343. The molecule has 0 nitrogen and oxygen atoms in total. The molecule has 0 bridgehead atoms. The second-order valence-electron chi connectivity index (χ2n) is 2.26. The van der Waals surface area contributed by atoms with Crippen LogP contribution < -0.4 is 0 Å². The topological polar surface area (TPSA) is 0 Å². The first kappa shape index (κ1) is 4.89. The van der Waals surface area contributed by atoms with Crippen molar-refractivity contribution in [2.75, 3.05) is 0 Å². The smallest absolute Gasteiger partial charge is 0.0194 e. The quantitative estimate of drug-likeness (QED) is 0.402. The molecule has 0 amide bonds. The van der Waals surface area contributed by atoms with Crippen molar-refractivity contribution < 1.29 is 0 Å². The third-order valence-electron chi connectivity index (χ3n) is 1.33. The van der Waals surface area contributed by atoms with Gasteiger partial charge in [0, 0.05) is 0 Å². The van der Waals surface area contributed by atoms with Gasteiger partial charge in [0.1, 0.15) is 0 Å². The van der Waals surface area contributed by atoms with Gasteiger partial charge >= 0.3 is 0 Å². The summed E-state index contributed by atoms with van der Waals surface area (Å²) >= 11 is 0. The van der Waals surface area contributed by atoms with E-state index in [1.165, 1.54) is 0 Å². The van der Waals surface area contributed by atoms with Crippen molar-refractivity contribution >= 4 is 0 Å². The molecule has 0 saturated heterocycles. The van der Waals surface area contributed by atoms with Gasteiger partial charge in [-0.15, -0.1) is 0 Å². The van der Waals surface area contributed by atoms with Crippen molar-refractivity contribution in [3.63, 3.8) is 0 Å². The molecule has 0 spiro atoms. The Bertz CT molecular complexity index is 72.0. The summed E-state index contributed by atoms with van der Waals surface area (Å²) in [7, 11) is 0. The van der Waals surface area contributed by atoms with Crippen LogP contribution in [0, 0.1) is 18.8 Å². The van der Waals surface area contributed by atoms with Crippen LogP contribution in [-0.4, -0.2) is 0 Å². The fourth-order valence-corrected chi connectivity index (χ4v) is 0.919. The van der Waals surface area contributed by atoms with Crippen molar-refractivity contribution in [3.8, 4) is 0 Å². The lowest BCUT2D eigenvalue weighted by Gasteiger charge is -1.97. The Morgan fingerprint density at radius 3 is 2.43 bits per heavy atom. The third kappa shape index (κ3) is 1.05. The van der Waals surface area contributed by atoms with Crippen molar-refractivity contribution in [3.05, 3.63) is 19.1 Å². The molecule has 0 heterocycles. The van der Waals surface area contributed by atoms with E-state index in [1.54, 1.807) is 0 Å². The first-order valence-corrected chi connectivity index (χ1v) is 2.73. The molecule has 0 aromatic rings. The Balaban J connectivity index is 2.42. The van der Waals surface area contributed by atoms with Crippen LogP contribution in [0.5, 0.6) is 0 Å². The minimum atomic E-state index is 0.343. The van der Waals surface area contributed by atoms with Crippen LogP contribution >= 0.6 is 0 Å². The van der Waals surface area contributed by atoms with E-state index in [-0.39, 0.29) is 0 Å². The average molecular weight is 94.2 g/mol. The highest BCUT2D eigenvalue weighted by atomic mass is 14.1. The SMILES string of the molecule is [CH]C1C=CC(C)C1. The Labute approximate surface area is 45.2 Å². The second-order valence-corrected chi connectivity index (χ2v) is 2.26. The zero-order chi connectivity index (χ0) is 5.28. The summed E-state index contributed by atoms with van der Waals surface area (Å²) in [5.74, 6) is 1.06. The molecule has 0 aromatic heterocycles. The highest BCUT2D eigenvalue weighted by Crippen LogP contribution is 2.20. The fourth-order valence-electron chi connectivity index (χ4n) is 0.919. The van der Waals surface area contributed by atoms with Crippen LogP contribution in [0.25, 0.3) is 0 Å². The molecule has 2 radical (unpaired) electrons. The number of rotatable bonds is 0. The van der Waals surface area contributed by atoms with E-state index < -0.39 is 0 Å². The van der Waals surface area contributed by atoms with E-state index in [0.29, 0.717) is 5.92 Å². The molecule has 7 heavy (non-hydrogen) atoms. The molecule has 0 fully saturated rings. The van der Waals surface area contributed by atoms with Gasteiger partial charge in [-0.1, -0.05) is 19.1 Å².